The van der Waals surface area contributed by atoms with E-state index in [0.29, 0.717) is 0 Å². The molecule has 0 aliphatic carbocycles. The monoisotopic (exact) mass is 668 g/mol. The average Bonchev–Trinajstić information content (AvgIpc) is 3.75. The largest absolute Gasteiger partial charge is 0.134 e. The van der Waals surface area contributed by atoms with Gasteiger partial charge < -0.3 is 0 Å². The highest BCUT2D eigenvalue weighted by molar-refractivity contribution is 7.29. The Hall–Kier alpha value is -5.80. The van der Waals surface area contributed by atoms with Gasteiger partial charge in [-0.25, -0.2) is 0 Å². The van der Waals surface area contributed by atoms with Crippen molar-refractivity contribution in [1.29, 1.82) is 0 Å². The van der Waals surface area contributed by atoms with Crippen LogP contribution in [0, 0.1) is 0 Å². The number of hydrogen-bond acceptors (Lipinski definition) is 2. The van der Waals surface area contributed by atoms with Gasteiger partial charge in [0.15, 0.2) is 0 Å². The van der Waals surface area contributed by atoms with Gasteiger partial charge in [-0.1, -0.05) is 152 Å². The summed E-state index contributed by atoms with van der Waals surface area (Å²) < 4.78 is 5.46. The first-order valence-electron chi connectivity index (χ1n) is 17.1. The summed E-state index contributed by atoms with van der Waals surface area (Å²) in [7, 11) is 0. The zero-order valence-corrected chi connectivity index (χ0v) is 28.6. The highest BCUT2D eigenvalue weighted by Crippen LogP contribution is 2.47. The lowest BCUT2D eigenvalue weighted by atomic mass is 9.85. The predicted octanol–water partition coefficient (Wildman–Crippen LogP) is 14.9. The van der Waals surface area contributed by atoms with Crippen molar-refractivity contribution in [3.63, 3.8) is 0 Å². The van der Waals surface area contributed by atoms with Gasteiger partial charge in [0, 0.05) is 45.7 Å². The molecule has 11 rings (SSSR count). The topological polar surface area (TPSA) is 0 Å². The molecule has 2 heterocycles. The summed E-state index contributed by atoms with van der Waals surface area (Å²) >= 11 is 3.86. The summed E-state index contributed by atoms with van der Waals surface area (Å²) in [5.74, 6) is 0. The van der Waals surface area contributed by atoms with E-state index < -0.39 is 0 Å². The van der Waals surface area contributed by atoms with Crippen LogP contribution in [0.15, 0.2) is 170 Å². The third kappa shape index (κ3) is 4.10. The van der Waals surface area contributed by atoms with Crippen LogP contribution < -0.4 is 0 Å². The highest BCUT2D eigenvalue weighted by atomic mass is 32.1. The standard InChI is InChI=1S/C48H28S2/c1-2-11-29(12-3-1)44-36-16-4-6-18-38(36)45(39-19-7-5-17-37(39)44)33-14-10-13-31(27-33)32-23-24-35-41-26-22-30-21-25-40-34-15-8-9-20-42(34)49-47(40)46(30)48(41)50-43(35)28-32/h1-28H. The van der Waals surface area contributed by atoms with Crippen LogP contribution >= 0.6 is 22.7 Å². The Bertz CT molecular complexity index is 3080. The number of hydrogen-bond donors (Lipinski definition) is 0. The number of thiophene rings is 2. The molecule has 0 unspecified atom stereocenters. The van der Waals surface area contributed by atoms with Crippen molar-refractivity contribution in [1.82, 2.24) is 0 Å². The minimum Gasteiger partial charge on any atom is -0.134 e. The van der Waals surface area contributed by atoms with Crippen molar-refractivity contribution < 1.29 is 0 Å². The van der Waals surface area contributed by atoms with Crippen molar-refractivity contribution in [2.75, 3.05) is 0 Å². The average molecular weight is 669 g/mol. The van der Waals surface area contributed by atoms with Gasteiger partial charge in [-0.05, 0) is 78.5 Å². The van der Waals surface area contributed by atoms with Crippen LogP contribution in [0.5, 0.6) is 0 Å². The van der Waals surface area contributed by atoms with Gasteiger partial charge in [0.05, 0.1) is 0 Å². The molecule has 2 heteroatoms. The van der Waals surface area contributed by atoms with Crippen LogP contribution in [0.2, 0.25) is 0 Å². The minimum atomic E-state index is 1.24. The van der Waals surface area contributed by atoms with E-state index >= 15 is 0 Å². The Morgan fingerprint density at radius 2 is 0.760 bits per heavy atom. The third-order valence-electron chi connectivity index (χ3n) is 10.4. The smallest absolute Gasteiger partial charge is 0.0448 e. The Labute approximate surface area is 297 Å². The summed E-state index contributed by atoms with van der Waals surface area (Å²) in [5, 5.41) is 13.2. The fraction of sp³-hybridized carbons (Fsp3) is 0. The first-order chi connectivity index (χ1) is 24.8. The summed E-state index contributed by atoms with van der Waals surface area (Å²) in [6.45, 7) is 0. The van der Waals surface area contributed by atoms with E-state index in [-0.39, 0.29) is 0 Å². The molecule has 0 aliphatic heterocycles. The van der Waals surface area contributed by atoms with E-state index in [2.05, 4.69) is 170 Å². The molecule has 232 valence electrons. The van der Waals surface area contributed by atoms with Crippen LogP contribution in [-0.4, -0.2) is 0 Å². The fourth-order valence-electron chi connectivity index (χ4n) is 8.21. The van der Waals surface area contributed by atoms with E-state index in [1.54, 1.807) is 0 Å². The Kier molecular flexibility index (Phi) is 6.09. The molecule has 50 heavy (non-hydrogen) atoms. The predicted molar refractivity (Wildman–Crippen MR) is 221 cm³/mol. The summed E-state index contributed by atoms with van der Waals surface area (Å²) in [4.78, 5) is 0. The zero-order valence-electron chi connectivity index (χ0n) is 27.0. The van der Waals surface area contributed by atoms with E-state index in [4.69, 9.17) is 0 Å². The molecule has 2 aromatic heterocycles. The summed E-state index contributed by atoms with van der Waals surface area (Å²) in [6, 6.07) is 62.9. The molecular formula is C48H28S2. The van der Waals surface area contributed by atoms with Crippen molar-refractivity contribution in [2.45, 2.75) is 0 Å². The molecule has 0 N–H and O–H groups in total. The van der Waals surface area contributed by atoms with E-state index in [1.165, 1.54) is 106 Å². The molecule has 11 aromatic rings. The van der Waals surface area contributed by atoms with E-state index in [9.17, 15) is 0 Å². The first kappa shape index (κ1) is 28.1. The molecule has 9 aromatic carbocycles. The molecule has 0 bridgehead atoms. The van der Waals surface area contributed by atoms with Gasteiger partial charge in [-0.2, -0.15) is 0 Å². The molecule has 0 amide bonds. The van der Waals surface area contributed by atoms with Gasteiger partial charge >= 0.3 is 0 Å². The molecule has 0 aliphatic rings. The maximum Gasteiger partial charge on any atom is 0.0448 e. The van der Waals surface area contributed by atoms with Gasteiger partial charge in [0.2, 0.25) is 0 Å². The highest BCUT2D eigenvalue weighted by Gasteiger charge is 2.18. The van der Waals surface area contributed by atoms with Gasteiger partial charge in [-0.15, -0.1) is 22.7 Å². The lowest BCUT2D eigenvalue weighted by molar-refractivity contribution is 1.63. The quantitative estimate of drug-likeness (QED) is 0.164. The fourth-order valence-corrected chi connectivity index (χ4v) is 10.8. The molecule has 0 saturated carbocycles. The SMILES string of the molecule is c1ccc(-c2c3ccccc3c(-c3cccc(-c4ccc5c(c4)sc4c5ccc5ccc6c7ccccc7sc6c54)c3)c3ccccc23)cc1. The zero-order chi connectivity index (χ0) is 32.8. The Morgan fingerprint density at radius 1 is 0.280 bits per heavy atom. The number of fused-ring (bicyclic) bond motifs is 11. The van der Waals surface area contributed by atoms with Crippen LogP contribution in [-0.2, 0) is 0 Å². The lowest BCUT2D eigenvalue weighted by Gasteiger charge is -2.18. The summed E-state index contributed by atoms with van der Waals surface area (Å²) in [5.41, 5.74) is 7.56. The lowest BCUT2D eigenvalue weighted by Crippen LogP contribution is -1.91. The summed E-state index contributed by atoms with van der Waals surface area (Å²) in [6.07, 6.45) is 0. The normalized spacial score (nSPS) is 12.0. The van der Waals surface area contributed by atoms with Crippen LogP contribution in [0.25, 0.3) is 106 Å². The molecule has 0 atom stereocenters. The second-order valence-corrected chi connectivity index (χ2v) is 15.3. The molecule has 0 fully saturated rings. The van der Waals surface area contributed by atoms with Gasteiger partial charge in [0.25, 0.3) is 0 Å². The van der Waals surface area contributed by atoms with Crippen molar-refractivity contribution >= 4 is 95.3 Å². The van der Waals surface area contributed by atoms with Crippen molar-refractivity contribution in [3.05, 3.63) is 170 Å². The van der Waals surface area contributed by atoms with Gasteiger partial charge in [0.1, 0.15) is 0 Å². The minimum absolute atomic E-state index is 1.24. The van der Waals surface area contributed by atoms with Crippen molar-refractivity contribution in [2.24, 2.45) is 0 Å². The molecule has 0 nitrogen and oxygen atoms in total. The Morgan fingerprint density at radius 3 is 1.44 bits per heavy atom. The van der Waals surface area contributed by atoms with E-state index in [1.807, 2.05) is 22.7 Å². The van der Waals surface area contributed by atoms with E-state index in [0.717, 1.165) is 0 Å². The van der Waals surface area contributed by atoms with Crippen LogP contribution in [0.4, 0.5) is 0 Å². The second-order valence-electron chi connectivity index (χ2n) is 13.2. The molecular weight excluding hydrogens is 641 g/mol. The third-order valence-corrected chi connectivity index (χ3v) is 12.8. The maximum absolute atomic E-state index is 2.41. The van der Waals surface area contributed by atoms with Crippen molar-refractivity contribution in [3.8, 4) is 33.4 Å². The van der Waals surface area contributed by atoms with Crippen LogP contribution in [0.1, 0.15) is 0 Å². The second kappa shape index (κ2) is 10.9. The van der Waals surface area contributed by atoms with Crippen LogP contribution in [0.3, 0.4) is 0 Å². The maximum atomic E-state index is 2.41. The molecule has 0 radical (unpaired) electrons. The molecule has 0 saturated heterocycles. The first-order valence-corrected chi connectivity index (χ1v) is 18.7. The molecule has 0 spiro atoms. The van der Waals surface area contributed by atoms with Gasteiger partial charge in [-0.3, -0.25) is 0 Å². The number of rotatable bonds is 3. The number of benzene rings is 9. The Balaban J connectivity index is 1.11.